The van der Waals surface area contributed by atoms with Crippen molar-refractivity contribution in [3.05, 3.63) is 65.9 Å². The molecule has 2 aromatic heterocycles. The highest BCUT2D eigenvalue weighted by molar-refractivity contribution is 6.07. The summed E-state index contributed by atoms with van der Waals surface area (Å²) < 4.78 is 16.3. The molecule has 1 saturated heterocycles. The standard InChI is InChI=1S/C46H60N8O7/c1-11-25(6)53(43(55)38(23(2)3)51-45(57)59-9)27(8)41-48-34-16-14-28-19-33-31-15-13-29(18-30(31)22-61-37(33)20-32(28)40(34)50-41)35-21-47-42(49-35)36-17-12-26(7)54(36)44(56)39(24(4)5)52-46(58)60-10/h13-16,18-21,23-27,36,38-39,45,51,57H,11-12,17,22H2,1-10H3,(H,47,49)(H,48,50)(H,52,58)/t25-,26-,27-,36-,38-,39-,45?/m0/s1. The van der Waals surface area contributed by atoms with Crippen molar-refractivity contribution in [3.8, 4) is 28.1 Å². The highest BCUT2D eigenvalue weighted by Crippen LogP contribution is 2.43. The van der Waals surface area contributed by atoms with E-state index in [9.17, 15) is 19.5 Å². The minimum absolute atomic E-state index is 0.0161. The number of imidazole rings is 2. The van der Waals surface area contributed by atoms with Gasteiger partial charge in [0.25, 0.3) is 0 Å². The average molecular weight is 837 g/mol. The van der Waals surface area contributed by atoms with Crippen molar-refractivity contribution in [1.29, 1.82) is 0 Å². The average Bonchev–Trinajstić information content (AvgIpc) is 4.02. The summed E-state index contributed by atoms with van der Waals surface area (Å²) in [7, 11) is 2.68. The summed E-state index contributed by atoms with van der Waals surface area (Å²) in [5, 5.41) is 17.8. The molecule has 5 N–H and O–H groups in total. The summed E-state index contributed by atoms with van der Waals surface area (Å²) in [4.78, 5) is 60.7. The number of aromatic nitrogens is 4. The van der Waals surface area contributed by atoms with Crippen molar-refractivity contribution < 1.29 is 33.7 Å². The third-order valence-corrected chi connectivity index (χ3v) is 12.5. The molecule has 61 heavy (non-hydrogen) atoms. The minimum atomic E-state index is -1.27. The van der Waals surface area contributed by atoms with Crippen molar-refractivity contribution >= 4 is 39.7 Å². The van der Waals surface area contributed by atoms with E-state index in [1.54, 1.807) is 0 Å². The lowest BCUT2D eigenvalue weighted by molar-refractivity contribution is -0.148. The summed E-state index contributed by atoms with van der Waals surface area (Å²) in [5.41, 5.74) is 6.56. The van der Waals surface area contributed by atoms with Crippen LogP contribution in [0.1, 0.15) is 104 Å². The van der Waals surface area contributed by atoms with Crippen molar-refractivity contribution in [2.45, 2.75) is 124 Å². The molecule has 3 aromatic carbocycles. The van der Waals surface area contributed by atoms with Crippen LogP contribution in [-0.4, -0.2) is 97.6 Å². The van der Waals surface area contributed by atoms with E-state index >= 15 is 0 Å². The second-order valence-electron chi connectivity index (χ2n) is 17.2. The number of H-pyrrole nitrogens is 2. The van der Waals surface area contributed by atoms with E-state index in [1.165, 1.54) is 14.2 Å². The third-order valence-electron chi connectivity index (χ3n) is 12.5. The molecule has 1 unspecified atom stereocenters. The Hall–Kier alpha value is -5.51. The molecule has 4 heterocycles. The maximum absolute atomic E-state index is 14.1. The number of rotatable bonds is 14. The summed E-state index contributed by atoms with van der Waals surface area (Å²) in [5.74, 6) is 1.62. The molecule has 7 rings (SSSR count). The van der Waals surface area contributed by atoms with Gasteiger partial charge in [0.1, 0.15) is 30.0 Å². The van der Waals surface area contributed by atoms with Crippen LogP contribution in [-0.2, 0) is 25.7 Å². The Morgan fingerprint density at radius 1 is 0.984 bits per heavy atom. The number of likely N-dealkylation sites (tertiary alicyclic amines) is 1. The van der Waals surface area contributed by atoms with Crippen LogP contribution in [0, 0.1) is 11.8 Å². The zero-order chi connectivity index (χ0) is 43.9. The van der Waals surface area contributed by atoms with Crippen molar-refractivity contribution in [1.82, 2.24) is 40.4 Å². The number of aromatic amines is 2. The lowest BCUT2D eigenvalue weighted by Gasteiger charge is -2.37. The second kappa shape index (κ2) is 17.8. The van der Waals surface area contributed by atoms with Crippen LogP contribution in [0.15, 0.2) is 48.7 Å². The maximum atomic E-state index is 14.1. The molecule has 0 aliphatic carbocycles. The van der Waals surface area contributed by atoms with Gasteiger partial charge in [0.05, 0.1) is 48.2 Å². The fraction of sp³-hybridized carbons (Fsp3) is 0.500. The van der Waals surface area contributed by atoms with Crippen LogP contribution in [0.5, 0.6) is 5.75 Å². The van der Waals surface area contributed by atoms with Gasteiger partial charge >= 0.3 is 6.09 Å². The van der Waals surface area contributed by atoms with Crippen LogP contribution < -0.4 is 15.4 Å². The van der Waals surface area contributed by atoms with E-state index in [0.29, 0.717) is 18.3 Å². The van der Waals surface area contributed by atoms with E-state index in [-0.39, 0.29) is 47.8 Å². The number of carbonyl (C=O) groups excluding carboxylic acids is 3. The Bertz CT molecular complexity index is 2410. The molecule has 7 atom stereocenters. The molecule has 2 aliphatic heterocycles. The van der Waals surface area contributed by atoms with Gasteiger partial charge in [0.15, 0.2) is 0 Å². The van der Waals surface area contributed by atoms with Crippen molar-refractivity contribution in [2.24, 2.45) is 11.8 Å². The molecule has 1 fully saturated rings. The number of ether oxygens (including phenoxy) is 3. The van der Waals surface area contributed by atoms with Crippen LogP contribution in [0.2, 0.25) is 0 Å². The number of amides is 3. The molecule has 2 aliphatic rings. The summed E-state index contributed by atoms with van der Waals surface area (Å²) in [6, 6.07) is 12.5. The van der Waals surface area contributed by atoms with E-state index in [1.807, 2.05) is 70.5 Å². The molecule has 3 amide bonds. The molecular weight excluding hydrogens is 777 g/mol. The number of hydrogen-bond acceptors (Lipinski definition) is 10. The van der Waals surface area contributed by atoms with Gasteiger partial charge in [-0.05, 0) is 98.2 Å². The van der Waals surface area contributed by atoms with Crippen molar-refractivity contribution in [3.63, 3.8) is 0 Å². The predicted octanol–water partition coefficient (Wildman–Crippen LogP) is 7.32. The summed E-state index contributed by atoms with van der Waals surface area (Å²) in [6.45, 7) is 16.2. The van der Waals surface area contributed by atoms with Crippen LogP contribution in [0.25, 0.3) is 44.2 Å². The van der Waals surface area contributed by atoms with E-state index in [0.717, 1.165) is 74.8 Å². The fourth-order valence-corrected chi connectivity index (χ4v) is 8.86. The topological polar surface area (TPSA) is 187 Å². The number of benzene rings is 3. The first-order valence-electron chi connectivity index (χ1n) is 21.4. The molecule has 0 bridgehead atoms. The van der Waals surface area contributed by atoms with Gasteiger partial charge in [-0.3, -0.25) is 14.9 Å². The smallest absolute Gasteiger partial charge is 0.407 e. The molecule has 0 radical (unpaired) electrons. The second-order valence-corrected chi connectivity index (χ2v) is 17.2. The van der Waals surface area contributed by atoms with E-state index < -0.39 is 24.6 Å². The Balaban J connectivity index is 1.14. The van der Waals surface area contributed by atoms with Crippen LogP contribution in [0.4, 0.5) is 4.79 Å². The van der Waals surface area contributed by atoms with Gasteiger partial charge < -0.3 is 44.4 Å². The molecule has 5 aromatic rings. The highest BCUT2D eigenvalue weighted by Gasteiger charge is 2.41. The summed E-state index contributed by atoms with van der Waals surface area (Å²) >= 11 is 0. The number of nitrogens with zero attached hydrogens (tertiary/aromatic N) is 4. The Morgan fingerprint density at radius 3 is 2.43 bits per heavy atom. The van der Waals surface area contributed by atoms with Gasteiger partial charge in [-0.2, -0.15) is 0 Å². The Kier molecular flexibility index (Phi) is 12.7. The fourth-order valence-electron chi connectivity index (χ4n) is 8.86. The maximum Gasteiger partial charge on any atom is 0.407 e. The number of aliphatic hydroxyl groups is 1. The van der Waals surface area contributed by atoms with Gasteiger partial charge in [0.2, 0.25) is 18.2 Å². The van der Waals surface area contributed by atoms with Gasteiger partial charge in [-0.15, -0.1) is 0 Å². The first-order chi connectivity index (χ1) is 29.1. The molecule has 0 spiro atoms. The SMILES string of the molecule is CC[C@H](C)N(C(=O)[C@@H](NC(O)OC)C(C)C)[C@@H](C)c1nc2c(ccc3cc4c(cc32)OCc2cc(-c3cnc([C@@H]5CC[C@H](C)N5C(=O)[C@@H](NC(=O)OC)C(C)C)[nH]3)ccc2-4)[nH]1. The predicted molar refractivity (Wildman–Crippen MR) is 233 cm³/mol. The first-order valence-corrected chi connectivity index (χ1v) is 21.4. The monoisotopic (exact) mass is 836 g/mol. The number of alkyl carbamates (subject to hydrolysis) is 1. The van der Waals surface area contributed by atoms with Crippen LogP contribution in [0.3, 0.4) is 0 Å². The number of nitrogens with one attached hydrogen (secondary N) is 4. The Labute approximate surface area is 356 Å². The van der Waals surface area contributed by atoms with E-state index in [2.05, 4.69) is 63.9 Å². The number of methoxy groups -OCH3 is 2. The largest absolute Gasteiger partial charge is 0.488 e. The zero-order valence-electron chi connectivity index (χ0n) is 36.8. The molecular formula is C46H60N8O7. The summed E-state index contributed by atoms with van der Waals surface area (Å²) in [6.07, 6.45) is 2.23. The lowest BCUT2D eigenvalue weighted by Crippen LogP contribution is -2.55. The highest BCUT2D eigenvalue weighted by atomic mass is 16.6. The number of carbonyl (C=O) groups is 3. The van der Waals surface area contributed by atoms with Gasteiger partial charge in [0, 0.05) is 30.1 Å². The number of aliphatic hydroxyl groups excluding tert-OH is 1. The number of fused-ring (bicyclic) bond motifs is 6. The quantitative estimate of drug-likeness (QED) is 0.0710. The molecule has 0 saturated carbocycles. The van der Waals surface area contributed by atoms with E-state index in [4.69, 9.17) is 24.2 Å². The zero-order valence-corrected chi connectivity index (χ0v) is 36.8. The molecule has 15 heteroatoms. The van der Waals surface area contributed by atoms with Crippen LogP contribution >= 0.6 is 0 Å². The van der Waals surface area contributed by atoms with Gasteiger partial charge in [-0.25, -0.2) is 14.8 Å². The number of hydrogen-bond donors (Lipinski definition) is 5. The lowest BCUT2D eigenvalue weighted by atomic mass is 9.92. The first kappa shape index (κ1) is 43.6. The van der Waals surface area contributed by atoms with Crippen molar-refractivity contribution in [2.75, 3.05) is 14.2 Å². The minimum Gasteiger partial charge on any atom is -0.488 e. The van der Waals surface area contributed by atoms with Gasteiger partial charge in [-0.1, -0.05) is 52.8 Å². The third kappa shape index (κ3) is 8.43. The molecule has 326 valence electrons. The Morgan fingerprint density at radius 2 is 1.74 bits per heavy atom. The normalized spacial score (nSPS) is 18.7. The molecule has 15 nitrogen and oxygen atoms in total.